The van der Waals surface area contributed by atoms with Gasteiger partial charge >= 0.3 is 0 Å². The third kappa shape index (κ3) is 3.04. The highest BCUT2D eigenvalue weighted by Gasteiger charge is 2.14. The van der Waals surface area contributed by atoms with Gasteiger partial charge in [0.05, 0.1) is 4.90 Å². The minimum absolute atomic E-state index is 0.0491. The van der Waals surface area contributed by atoms with E-state index in [4.69, 9.17) is 5.73 Å². The molecule has 0 aliphatic carbocycles. The summed E-state index contributed by atoms with van der Waals surface area (Å²) in [4.78, 5) is 4.01. The Bertz CT molecular complexity index is 534. The van der Waals surface area contributed by atoms with E-state index in [2.05, 4.69) is 9.36 Å². The SMILES string of the molecule is Cc1nsc(Sc2c(F)cc(CCN)cc2F)n1. The third-order valence-corrected chi connectivity index (χ3v) is 4.13. The summed E-state index contributed by atoms with van der Waals surface area (Å²) >= 11 is 2.08. The summed E-state index contributed by atoms with van der Waals surface area (Å²) in [6, 6.07) is 2.62. The first kappa shape index (κ1) is 13.4. The predicted octanol–water partition coefficient (Wildman–Crippen LogP) is 2.78. The van der Waals surface area contributed by atoms with E-state index < -0.39 is 11.6 Å². The maximum atomic E-state index is 13.8. The zero-order chi connectivity index (χ0) is 13.1. The van der Waals surface area contributed by atoms with Gasteiger partial charge in [0.25, 0.3) is 0 Å². The van der Waals surface area contributed by atoms with Crippen LogP contribution in [-0.4, -0.2) is 15.9 Å². The lowest BCUT2D eigenvalue weighted by Gasteiger charge is -2.05. The quantitative estimate of drug-likeness (QED) is 0.939. The predicted molar refractivity (Wildman–Crippen MR) is 67.9 cm³/mol. The van der Waals surface area contributed by atoms with Crippen molar-refractivity contribution in [3.05, 3.63) is 35.2 Å². The average Bonchev–Trinajstić information content (AvgIpc) is 2.70. The van der Waals surface area contributed by atoms with Crippen LogP contribution in [0, 0.1) is 18.6 Å². The molecule has 0 bridgehead atoms. The molecule has 1 aromatic carbocycles. The third-order valence-electron chi connectivity index (χ3n) is 2.19. The Labute approximate surface area is 112 Å². The number of nitrogens with two attached hydrogens (primary N) is 1. The fourth-order valence-electron chi connectivity index (χ4n) is 1.43. The van der Waals surface area contributed by atoms with Crippen molar-refractivity contribution in [2.45, 2.75) is 22.6 Å². The van der Waals surface area contributed by atoms with E-state index in [1.807, 2.05) is 0 Å². The van der Waals surface area contributed by atoms with Crippen LogP contribution in [0.5, 0.6) is 0 Å². The Morgan fingerprint density at radius 2 is 2.00 bits per heavy atom. The summed E-state index contributed by atoms with van der Waals surface area (Å²) in [5, 5.41) is 0. The molecule has 0 unspecified atom stereocenters. The standard InChI is InChI=1S/C11H11F2N3S2/c1-6-15-11(18-16-6)17-10-8(12)4-7(2-3-14)5-9(10)13/h4-5H,2-3,14H2,1H3. The lowest BCUT2D eigenvalue weighted by atomic mass is 10.1. The number of halogens is 2. The molecular weight excluding hydrogens is 276 g/mol. The van der Waals surface area contributed by atoms with Gasteiger partial charge in [0.15, 0.2) is 4.34 Å². The molecule has 0 fully saturated rings. The summed E-state index contributed by atoms with van der Waals surface area (Å²) in [6.07, 6.45) is 0.455. The smallest absolute Gasteiger partial charge is 0.175 e. The molecule has 0 atom stereocenters. The molecule has 0 radical (unpaired) electrons. The highest BCUT2D eigenvalue weighted by Crippen LogP contribution is 2.33. The first-order chi connectivity index (χ1) is 8.60. The van der Waals surface area contributed by atoms with Crippen LogP contribution in [0.2, 0.25) is 0 Å². The van der Waals surface area contributed by atoms with Crippen molar-refractivity contribution in [1.82, 2.24) is 9.36 Å². The molecule has 2 aromatic rings. The molecule has 2 N–H and O–H groups in total. The molecule has 3 nitrogen and oxygen atoms in total. The van der Waals surface area contributed by atoms with E-state index >= 15 is 0 Å². The van der Waals surface area contributed by atoms with Gasteiger partial charge in [0, 0.05) is 0 Å². The van der Waals surface area contributed by atoms with Crippen molar-refractivity contribution in [1.29, 1.82) is 0 Å². The summed E-state index contributed by atoms with van der Waals surface area (Å²) in [5.41, 5.74) is 5.92. The van der Waals surface area contributed by atoms with E-state index in [-0.39, 0.29) is 4.90 Å². The lowest BCUT2D eigenvalue weighted by molar-refractivity contribution is 0.537. The van der Waals surface area contributed by atoms with Crippen LogP contribution in [0.3, 0.4) is 0 Å². The van der Waals surface area contributed by atoms with E-state index in [9.17, 15) is 8.78 Å². The van der Waals surface area contributed by atoms with E-state index in [0.29, 0.717) is 28.7 Å². The maximum Gasteiger partial charge on any atom is 0.175 e. The number of rotatable bonds is 4. The summed E-state index contributed by atoms with van der Waals surface area (Å²) < 4.78 is 32.1. The monoisotopic (exact) mass is 287 g/mol. The van der Waals surface area contributed by atoms with Crippen LogP contribution in [-0.2, 0) is 6.42 Å². The molecule has 1 aromatic heterocycles. The van der Waals surface area contributed by atoms with Gasteiger partial charge in [-0.3, -0.25) is 0 Å². The number of hydrogen-bond donors (Lipinski definition) is 1. The van der Waals surface area contributed by atoms with Gasteiger partial charge in [0.1, 0.15) is 17.5 Å². The van der Waals surface area contributed by atoms with Crippen LogP contribution in [0.25, 0.3) is 0 Å². The second-order valence-corrected chi connectivity index (χ2v) is 5.65. The van der Waals surface area contributed by atoms with Crippen LogP contribution < -0.4 is 5.73 Å². The molecule has 1 heterocycles. The van der Waals surface area contributed by atoms with E-state index in [1.165, 1.54) is 12.1 Å². The number of benzene rings is 1. The average molecular weight is 287 g/mol. The van der Waals surface area contributed by atoms with Gasteiger partial charge in [-0.15, -0.1) is 0 Å². The molecule has 0 saturated carbocycles. The van der Waals surface area contributed by atoms with Gasteiger partial charge in [0.2, 0.25) is 0 Å². The molecule has 0 aliphatic heterocycles. The summed E-state index contributed by atoms with van der Waals surface area (Å²) in [7, 11) is 0. The zero-order valence-electron chi connectivity index (χ0n) is 9.61. The topological polar surface area (TPSA) is 51.8 Å². The van der Waals surface area contributed by atoms with Gasteiger partial charge < -0.3 is 5.73 Å². The zero-order valence-corrected chi connectivity index (χ0v) is 11.2. The number of aryl methyl sites for hydroxylation is 1. The first-order valence-corrected chi connectivity index (χ1v) is 6.85. The molecule has 2 rings (SSSR count). The molecule has 96 valence electrons. The van der Waals surface area contributed by atoms with Gasteiger partial charge in [-0.1, -0.05) is 11.8 Å². The Morgan fingerprint density at radius 1 is 1.33 bits per heavy atom. The van der Waals surface area contributed by atoms with Crippen molar-refractivity contribution in [2.75, 3.05) is 6.54 Å². The minimum Gasteiger partial charge on any atom is -0.330 e. The largest absolute Gasteiger partial charge is 0.330 e. The lowest BCUT2D eigenvalue weighted by Crippen LogP contribution is -2.04. The number of nitrogens with zero attached hydrogens (tertiary/aromatic N) is 2. The van der Waals surface area contributed by atoms with E-state index in [1.54, 1.807) is 6.92 Å². The van der Waals surface area contributed by atoms with Gasteiger partial charge in [-0.2, -0.15) is 4.37 Å². The minimum atomic E-state index is -0.587. The van der Waals surface area contributed by atoms with Crippen LogP contribution in [0.15, 0.2) is 21.4 Å². The first-order valence-electron chi connectivity index (χ1n) is 5.26. The Hall–Kier alpha value is -1.05. The molecule has 0 spiro atoms. The van der Waals surface area contributed by atoms with Crippen LogP contribution >= 0.6 is 23.3 Å². The number of hydrogen-bond acceptors (Lipinski definition) is 5. The van der Waals surface area contributed by atoms with Crippen molar-refractivity contribution in [2.24, 2.45) is 5.73 Å². The van der Waals surface area contributed by atoms with Crippen molar-refractivity contribution < 1.29 is 8.78 Å². The molecular formula is C11H11F2N3S2. The highest BCUT2D eigenvalue weighted by molar-refractivity contribution is 8.01. The Balaban J connectivity index is 2.28. The maximum absolute atomic E-state index is 13.8. The molecule has 0 aliphatic rings. The van der Waals surface area contributed by atoms with E-state index in [0.717, 1.165) is 23.3 Å². The van der Waals surface area contributed by atoms with Gasteiger partial charge in [-0.05, 0) is 49.1 Å². The second kappa shape index (κ2) is 5.73. The normalized spacial score (nSPS) is 10.9. The molecule has 18 heavy (non-hydrogen) atoms. The van der Waals surface area contributed by atoms with Crippen molar-refractivity contribution in [3.8, 4) is 0 Å². The highest BCUT2D eigenvalue weighted by atomic mass is 32.2. The Morgan fingerprint density at radius 3 is 2.50 bits per heavy atom. The fraction of sp³-hybridized carbons (Fsp3) is 0.273. The van der Waals surface area contributed by atoms with Gasteiger partial charge in [-0.25, -0.2) is 13.8 Å². The second-order valence-electron chi connectivity index (χ2n) is 3.64. The van der Waals surface area contributed by atoms with Crippen molar-refractivity contribution in [3.63, 3.8) is 0 Å². The van der Waals surface area contributed by atoms with Crippen LogP contribution in [0.1, 0.15) is 11.4 Å². The molecule has 0 amide bonds. The van der Waals surface area contributed by atoms with Crippen LogP contribution in [0.4, 0.5) is 8.78 Å². The summed E-state index contributed by atoms with van der Waals surface area (Å²) in [5.74, 6) is -0.573. The summed E-state index contributed by atoms with van der Waals surface area (Å²) in [6.45, 7) is 2.10. The Kier molecular flexibility index (Phi) is 4.26. The molecule has 7 heteroatoms. The number of aromatic nitrogens is 2. The fourth-order valence-corrected chi connectivity index (χ4v) is 3.03. The van der Waals surface area contributed by atoms with Crippen molar-refractivity contribution >= 4 is 23.3 Å². The molecule has 0 saturated heterocycles.